The number of nitrogens with one attached hydrogen (secondary N) is 1. The first-order valence-corrected chi connectivity index (χ1v) is 8.13. The molecule has 0 spiro atoms. The Balaban J connectivity index is 2.71. The van der Waals surface area contributed by atoms with Crippen LogP contribution in [0.15, 0.2) is 18.2 Å². The second kappa shape index (κ2) is 8.96. The van der Waals surface area contributed by atoms with Crippen molar-refractivity contribution in [1.82, 2.24) is 4.90 Å². The van der Waals surface area contributed by atoms with Gasteiger partial charge < -0.3 is 10.2 Å². The molecule has 0 amide bonds. The summed E-state index contributed by atoms with van der Waals surface area (Å²) in [4.78, 5) is 2.31. The summed E-state index contributed by atoms with van der Waals surface area (Å²) in [6.45, 7) is 10.8. The number of hydrogen-bond acceptors (Lipinski definition) is 1. The molecule has 2 nitrogen and oxygen atoms in total. The van der Waals surface area contributed by atoms with Crippen molar-refractivity contribution >= 4 is 23.0 Å². The molecule has 0 saturated carbocycles. The molecule has 112 valence electrons. The fourth-order valence-electron chi connectivity index (χ4n) is 2.09. The van der Waals surface area contributed by atoms with Gasteiger partial charge in [-0.25, -0.2) is 0 Å². The molecule has 0 atom stereocenters. The summed E-state index contributed by atoms with van der Waals surface area (Å²) >= 11 is 5.60. The fourth-order valence-corrected chi connectivity index (χ4v) is 2.39. The van der Waals surface area contributed by atoms with Gasteiger partial charge in [0.1, 0.15) is 0 Å². The molecular weight excluding hydrogens is 264 g/mol. The molecular formula is C17H28N2S. The van der Waals surface area contributed by atoms with Gasteiger partial charge in [-0.1, -0.05) is 38.8 Å². The predicted molar refractivity (Wildman–Crippen MR) is 93.5 cm³/mol. The summed E-state index contributed by atoms with van der Waals surface area (Å²) < 4.78 is 0. The van der Waals surface area contributed by atoms with Crippen LogP contribution in [0.5, 0.6) is 0 Å². The molecule has 0 unspecified atom stereocenters. The maximum absolute atomic E-state index is 5.60. The Labute approximate surface area is 129 Å². The zero-order valence-electron chi connectivity index (χ0n) is 13.3. The van der Waals surface area contributed by atoms with E-state index in [1.165, 1.54) is 36.8 Å². The lowest BCUT2D eigenvalue weighted by Crippen LogP contribution is -2.36. The molecule has 0 saturated heterocycles. The third-order valence-electron chi connectivity index (χ3n) is 3.70. The van der Waals surface area contributed by atoms with Crippen LogP contribution in [0.3, 0.4) is 0 Å². The molecule has 3 heteroatoms. The molecule has 0 aliphatic heterocycles. The minimum Gasteiger partial charge on any atom is -0.349 e. The topological polar surface area (TPSA) is 15.3 Å². The van der Waals surface area contributed by atoms with E-state index in [9.17, 15) is 0 Å². The summed E-state index contributed by atoms with van der Waals surface area (Å²) in [5.41, 5.74) is 3.71. The Hall–Kier alpha value is -1.09. The number of hydrogen-bond donors (Lipinski definition) is 1. The van der Waals surface area contributed by atoms with Crippen LogP contribution in [-0.2, 0) is 0 Å². The van der Waals surface area contributed by atoms with Crippen LogP contribution >= 0.6 is 12.2 Å². The fraction of sp³-hybridized carbons (Fsp3) is 0.588. The van der Waals surface area contributed by atoms with Crippen LogP contribution in [0.1, 0.15) is 50.7 Å². The van der Waals surface area contributed by atoms with Crippen LogP contribution in [0.4, 0.5) is 5.69 Å². The maximum atomic E-state index is 5.60. The van der Waals surface area contributed by atoms with E-state index in [4.69, 9.17) is 12.2 Å². The predicted octanol–water partition coefficient (Wildman–Crippen LogP) is 4.90. The largest absolute Gasteiger partial charge is 0.349 e. The number of aryl methyl sites for hydroxylation is 1. The highest BCUT2D eigenvalue weighted by Crippen LogP contribution is 2.18. The van der Waals surface area contributed by atoms with Gasteiger partial charge in [0.2, 0.25) is 0 Å². The first-order valence-electron chi connectivity index (χ1n) is 7.72. The summed E-state index contributed by atoms with van der Waals surface area (Å²) in [6, 6.07) is 6.32. The number of unbranched alkanes of at least 4 members (excludes halogenated alkanes) is 2. The van der Waals surface area contributed by atoms with Crippen molar-refractivity contribution in [2.75, 3.05) is 18.4 Å². The smallest absolute Gasteiger partial charge is 0.173 e. The first-order chi connectivity index (χ1) is 9.60. The Morgan fingerprint density at radius 3 is 2.25 bits per heavy atom. The summed E-state index contributed by atoms with van der Waals surface area (Å²) in [5.74, 6) is 0. The maximum Gasteiger partial charge on any atom is 0.173 e. The third kappa shape index (κ3) is 5.12. The molecule has 20 heavy (non-hydrogen) atoms. The number of nitrogens with zero attached hydrogens (tertiary/aromatic N) is 1. The van der Waals surface area contributed by atoms with Crippen LogP contribution in [-0.4, -0.2) is 23.1 Å². The third-order valence-corrected chi connectivity index (χ3v) is 4.06. The Kier molecular flexibility index (Phi) is 7.60. The number of anilines is 1. The molecule has 0 heterocycles. The minimum absolute atomic E-state index is 0.862. The molecule has 1 aromatic rings. The van der Waals surface area contributed by atoms with Gasteiger partial charge in [-0.15, -0.1) is 0 Å². The second-order valence-electron chi connectivity index (χ2n) is 5.37. The highest BCUT2D eigenvalue weighted by Gasteiger charge is 2.10. The second-order valence-corrected chi connectivity index (χ2v) is 5.76. The molecule has 1 aromatic carbocycles. The van der Waals surface area contributed by atoms with E-state index in [0.29, 0.717) is 0 Å². The molecule has 0 aliphatic carbocycles. The summed E-state index contributed by atoms with van der Waals surface area (Å²) in [7, 11) is 0. The number of benzene rings is 1. The number of rotatable bonds is 7. The van der Waals surface area contributed by atoms with Crippen molar-refractivity contribution in [3.8, 4) is 0 Å². The van der Waals surface area contributed by atoms with Gasteiger partial charge in [-0.3, -0.25) is 0 Å². The van der Waals surface area contributed by atoms with Crippen LogP contribution in [0.2, 0.25) is 0 Å². The van der Waals surface area contributed by atoms with Crippen molar-refractivity contribution in [2.24, 2.45) is 0 Å². The van der Waals surface area contributed by atoms with Crippen LogP contribution in [0.25, 0.3) is 0 Å². The molecule has 0 bridgehead atoms. The van der Waals surface area contributed by atoms with Crippen molar-refractivity contribution in [1.29, 1.82) is 0 Å². The van der Waals surface area contributed by atoms with Gasteiger partial charge in [-0.2, -0.15) is 0 Å². The summed E-state index contributed by atoms with van der Waals surface area (Å²) in [5, 5.41) is 4.29. The highest BCUT2D eigenvalue weighted by atomic mass is 32.1. The van der Waals surface area contributed by atoms with E-state index in [1.54, 1.807) is 0 Å². The molecule has 1 rings (SSSR count). The first kappa shape index (κ1) is 17.0. The summed E-state index contributed by atoms with van der Waals surface area (Å²) in [6.07, 6.45) is 4.79. The quantitative estimate of drug-likeness (QED) is 0.719. The van der Waals surface area contributed by atoms with Gasteiger partial charge in [0.05, 0.1) is 0 Å². The lowest BCUT2D eigenvalue weighted by atomic mass is 10.1. The Morgan fingerprint density at radius 2 is 1.70 bits per heavy atom. The van der Waals surface area contributed by atoms with Gasteiger partial charge in [0.25, 0.3) is 0 Å². The average Bonchev–Trinajstić information content (AvgIpc) is 2.44. The van der Waals surface area contributed by atoms with Gasteiger partial charge >= 0.3 is 0 Å². The van der Waals surface area contributed by atoms with Gasteiger partial charge in [0.15, 0.2) is 5.11 Å². The van der Waals surface area contributed by atoms with E-state index < -0.39 is 0 Å². The van der Waals surface area contributed by atoms with Crippen molar-refractivity contribution in [3.05, 3.63) is 29.3 Å². The van der Waals surface area contributed by atoms with E-state index in [-0.39, 0.29) is 0 Å². The minimum atomic E-state index is 0.862. The van der Waals surface area contributed by atoms with E-state index in [2.05, 4.69) is 56.1 Å². The van der Waals surface area contributed by atoms with E-state index >= 15 is 0 Å². The average molecular weight is 292 g/mol. The SMILES string of the molecule is CCCCN(CCCC)C(=S)Nc1cccc(C)c1C. The molecule has 0 fully saturated rings. The zero-order chi connectivity index (χ0) is 15.0. The monoisotopic (exact) mass is 292 g/mol. The normalized spacial score (nSPS) is 10.4. The Morgan fingerprint density at radius 1 is 1.10 bits per heavy atom. The van der Waals surface area contributed by atoms with Gasteiger partial charge in [0, 0.05) is 18.8 Å². The lowest BCUT2D eigenvalue weighted by Gasteiger charge is -2.26. The Bertz CT molecular complexity index is 421. The van der Waals surface area contributed by atoms with Crippen molar-refractivity contribution in [2.45, 2.75) is 53.4 Å². The zero-order valence-corrected chi connectivity index (χ0v) is 14.1. The molecule has 1 N–H and O–H groups in total. The van der Waals surface area contributed by atoms with Crippen LogP contribution in [0, 0.1) is 13.8 Å². The number of thiocarbonyl (C=S) groups is 1. The van der Waals surface area contributed by atoms with Crippen molar-refractivity contribution in [3.63, 3.8) is 0 Å². The van der Waals surface area contributed by atoms with E-state index in [0.717, 1.165) is 23.9 Å². The highest BCUT2D eigenvalue weighted by molar-refractivity contribution is 7.80. The van der Waals surface area contributed by atoms with Gasteiger partial charge in [-0.05, 0) is 56.1 Å². The van der Waals surface area contributed by atoms with Crippen molar-refractivity contribution < 1.29 is 0 Å². The standard InChI is InChI=1S/C17H28N2S/c1-5-7-12-19(13-8-6-2)17(20)18-16-11-9-10-14(3)15(16)4/h9-11H,5-8,12-13H2,1-4H3,(H,18,20). The molecule has 0 aliphatic rings. The molecule has 0 radical (unpaired) electrons. The molecule has 0 aromatic heterocycles. The van der Waals surface area contributed by atoms with E-state index in [1.807, 2.05) is 0 Å². The van der Waals surface area contributed by atoms with Crippen LogP contribution < -0.4 is 5.32 Å². The lowest BCUT2D eigenvalue weighted by molar-refractivity contribution is 0.403.